The van der Waals surface area contributed by atoms with Crippen molar-refractivity contribution < 1.29 is 9.90 Å². The highest BCUT2D eigenvalue weighted by Gasteiger charge is 2.47. The van der Waals surface area contributed by atoms with E-state index in [4.69, 9.17) is 0 Å². The van der Waals surface area contributed by atoms with Crippen LogP contribution in [0.5, 0.6) is 0 Å². The number of carboxylic acids is 1. The molecule has 0 aliphatic heterocycles. The van der Waals surface area contributed by atoms with Crippen molar-refractivity contribution in [1.29, 1.82) is 0 Å². The molecule has 1 aliphatic carbocycles. The van der Waals surface area contributed by atoms with Crippen LogP contribution in [-0.4, -0.2) is 28.1 Å². The summed E-state index contributed by atoms with van der Waals surface area (Å²) in [6, 6.07) is 7.36. The number of hydrogen-bond acceptors (Lipinski definition) is 3. The second kappa shape index (κ2) is 5.22. The van der Waals surface area contributed by atoms with Gasteiger partial charge in [-0.15, -0.1) is 0 Å². The van der Waals surface area contributed by atoms with Gasteiger partial charge in [0.1, 0.15) is 6.04 Å². The molecule has 1 aromatic carbocycles. The van der Waals surface area contributed by atoms with Crippen LogP contribution in [0.2, 0.25) is 0 Å². The van der Waals surface area contributed by atoms with Crippen LogP contribution in [0.25, 0.3) is 0 Å². The molecule has 3 nitrogen and oxygen atoms in total. The highest BCUT2D eigenvalue weighted by Crippen LogP contribution is 2.46. The number of nitrogens with one attached hydrogen (secondary N) is 1. The fourth-order valence-electron chi connectivity index (χ4n) is 2.37. The van der Waals surface area contributed by atoms with Crippen LogP contribution in [-0.2, 0) is 4.79 Å². The second-order valence-corrected chi connectivity index (χ2v) is 6.13. The number of carboxylic acid groups (broad SMARTS) is 1. The zero-order chi connectivity index (χ0) is 13.2. The van der Waals surface area contributed by atoms with Crippen LogP contribution in [0, 0.1) is 6.92 Å². The molecule has 0 saturated heterocycles. The lowest BCUT2D eigenvalue weighted by Crippen LogP contribution is -2.53. The molecule has 0 bridgehead atoms. The molecule has 0 amide bonds. The van der Waals surface area contributed by atoms with Crippen molar-refractivity contribution in [2.75, 3.05) is 11.6 Å². The molecule has 1 atom stereocenters. The molecule has 4 heteroatoms. The lowest BCUT2D eigenvalue weighted by molar-refractivity contribution is -0.139. The Hall–Kier alpha value is -1.16. The fraction of sp³-hybridized carbons (Fsp3) is 0.500. The molecule has 2 rings (SSSR count). The monoisotopic (exact) mass is 265 g/mol. The van der Waals surface area contributed by atoms with Gasteiger partial charge in [0.05, 0.1) is 0 Å². The number of hydrogen-bond donors (Lipinski definition) is 2. The maximum Gasteiger partial charge on any atom is 0.327 e. The highest BCUT2D eigenvalue weighted by molar-refractivity contribution is 8.00. The number of carbonyl (C=O) groups is 1. The molecule has 1 saturated carbocycles. The predicted molar refractivity (Wildman–Crippen MR) is 76.3 cm³/mol. The summed E-state index contributed by atoms with van der Waals surface area (Å²) in [4.78, 5) is 11.5. The Morgan fingerprint density at radius 1 is 1.39 bits per heavy atom. The first kappa shape index (κ1) is 13.3. The Morgan fingerprint density at radius 3 is 2.39 bits per heavy atom. The molecule has 0 heterocycles. The Morgan fingerprint density at radius 2 is 2.00 bits per heavy atom. The molecule has 2 N–H and O–H groups in total. The molecule has 0 aromatic heterocycles. The van der Waals surface area contributed by atoms with Gasteiger partial charge >= 0.3 is 5.97 Å². The fourth-order valence-corrected chi connectivity index (χ4v) is 3.46. The number of thioether (sulfide) groups is 1. The molecule has 0 spiro atoms. The van der Waals surface area contributed by atoms with Crippen molar-refractivity contribution >= 4 is 23.4 Å². The Bertz CT molecular complexity index is 420. The Labute approximate surface area is 112 Å². The van der Waals surface area contributed by atoms with E-state index in [-0.39, 0.29) is 4.75 Å². The van der Waals surface area contributed by atoms with Crippen LogP contribution in [0.15, 0.2) is 24.3 Å². The zero-order valence-corrected chi connectivity index (χ0v) is 11.6. The minimum atomic E-state index is -0.760. The van der Waals surface area contributed by atoms with E-state index in [9.17, 15) is 9.90 Å². The van der Waals surface area contributed by atoms with Crippen LogP contribution in [0.1, 0.15) is 24.8 Å². The van der Waals surface area contributed by atoms with E-state index >= 15 is 0 Å². The largest absolute Gasteiger partial charge is 0.480 e. The third-order valence-corrected chi connectivity index (χ3v) is 5.20. The SMILES string of the molecule is CSC1(C(Nc2ccc(C)cc2)C(=O)O)CCC1. The predicted octanol–water partition coefficient (Wildman–Crippen LogP) is 3.15. The lowest BCUT2D eigenvalue weighted by atomic mass is 9.78. The minimum absolute atomic E-state index is 0.142. The summed E-state index contributed by atoms with van der Waals surface area (Å²) in [6.07, 6.45) is 5.08. The van der Waals surface area contributed by atoms with Crippen molar-refractivity contribution in [3.8, 4) is 0 Å². The molecular weight excluding hydrogens is 246 g/mol. The third kappa shape index (κ3) is 2.48. The third-order valence-electron chi connectivity index (χ3n) is 3.74. The van der Waals surface area contributed by atoms with E-state index in [1.165, 1.54) is 5.56 Å². The van der Waals surface area contributed by atoms with Gasteiger partial charge in [0.15, 0.2) is 0 Å². The van der Waals surface area contributed by atoms with Gasteiger partial charge in [0, 0.05) is 10.4 Å². The van der Waals surface area contributed by atoms with Gasteiger partial charge in [-0.1, -0.05) is 24.1 Å². The molecule has 1 aliphatic rings. The molecule has 0 radical (unpaired) electrons. The summed E-state index contributed by atoms with van der Waals surface area (Å²) < 4.78 is -0.142. The van der Waals surface area contributed by atoms with Crippen LogP contribution < -0.4 is 5.32 Å². The van der Waals surface area contributed by atoms with Crippen LogP contribution in [0.3, 0.4) is 0 Å². The summed E-state index contributed by atoms with van der Waals surface area (Å²) in [5, 5.41) is 12.6. The summed E-state index contributed by atoms with van der Waals surface area (Å²) in [7, 11) is 0. The van der Waals surface area contributed by atoms with Gasteiger partial charge in [-0.05, 0) is 38.2 Å². The van der Waals surface area contributed by atoms with Crippen molar-refractivity contribution in [2.24, 2.45) is 0 Å². The summed E-state index contributed by atoms with van der Waals surface area (Å²) in [5.74, 6) is -0.760. The first-order chi connectivity index (χ1) is 8.57. The van der Waals surface area contributed by atoms with Gasteiger partial charge in [0.25, 0.3) is 0 Å². The Balaban J connectivity index is 2.16. The average molecular weight is 265 g/mol. The maximum absolute atomic E-state index is 11.5. The minimum Gasteiger partial charge on any atom is -0.480 e. The van der Waals surface area contributed by atoms with Crippen molar-refractivity contribution in [3.05, 3.63) is 29.8 Å². The normalized spacial score (nSPS) is 18.8. The first-order valence-corrected chi connectivity index (χ1v) is 7.41. The number of benzene rings is 1. The zero-order valence-electron chi connectivity index (χ0n) is 10.8. The van der Waals surface area contributed by atoms with Gasteiger partial charge < -0.3 is 10.4 Å². The van der Waals surface area contributed by atoms with E-state index in [2.05, 4.69) is 5.32 Å². The quantitative estimate of drug-likeness (QED) is 0.858. The van der Waals surface area contributed by atoms with E-state index in [0.717, 1.165) is 24.9 Å². The van der Waals surface area contributed by atoms with Gasteiger partial charge in [-0.3, -0.25) is 0 Å². The maximum atomic E-state index is 11.5. The van der Waals surface area contributed by atoms with E-state index in [0.29, 0.717) is 0 Å². The van der Waals surface area contributed by atoms with E-state index in [1.807, 2.05) is 37.4 Å². The average Bonchev–Trinajstić information content (AvgIpc) is 2.29. The van der Waals surface area contributed by atoms with Gasteiger partial charge in [0.2, 0.25) is 0 Å². The lowest BCUT2D eigenvalue weighted by Gasteiger charge is -2.45. The van der Waals surface area contributed by atoms with Gasteiger partial charge in [-0.2, -0.15) is 11.8 Å². The number of aryl methyl sites for hydroxylation is 1. The Kier molecular flexibility index (Phi) is 3.85. The van der Waals surface area contributed by atoms with Crippen molar-refractivity contribution in [1.82, 2.24) is 0 Å². The molecule has 1 unspecified atom stereocenters. The van der Waals surface area contributed by atoms with Crippen molar-refractivity contribution in [3.63, 3.8) is 0 Å². The topological polar surface area (TPSA) is 49.3 Å². The molecule has 1 fully saturated rings. The van der Waals surface area contributed by atoms with Gasteiger partial charge in [-0.25, -0.2) is 4.79 Å². The highest BCUT2D eigenvalue weighted by atomic mass is 32.2. The smallest absolute Gasteiger partial charge is 0.327 e. The number of anilines is 1. The standard InChI is InChI=1S/C14H19NO2S/c1-10-4-6-11(7-5-10)15-12(13(16)17)14(18-2)8-3-9-14/h4-7,12,15H,3,8-9H2,1-2H3,(H,16,17). The molecule has 98 valence electrons. The van der Waals surface area contributed by atoms with Crippen LogP contribution in [0.4, 0.5) is 5.69 Å². The van der Waals surface area contributed by atoms with Crippen LogP contribution >= 0.6 is 11.8 Å². The summed E-state index contributed by atoms with van der Waals surface area (Å²) in [5.41, 5.74) is 2.06. The summed E-state index contributed by atoms with van der Waals surface area (Å²) >= 11 is 1.67. The van der Waals surface area contributed by atoms with E-state index in [1.54, 1.807) is 11.8 Å². The molecular formula is C14H19NO2S. The van der Waals surface area contributed by atoms with E-state index < -0.39 is 12.0 Å². The number of rotatable bonds is 5. The molecule has 18 heavy (non-hydrogen) atoms. The second-order valence-electron chi connectivity index (χ2n) is 4.90. The summed E-state index contributed by atoms with van der Waals surface area (Å²) in [6.45, 7) is 2.02. The molecule has 1 aromatic rings. The van der Waals surface area contributed by atoms with Crippen molar-refractivity contribution in [2.45, 2.75) is 37.0 Å². The first-order valence-electron chi connectivity index (χ1n) is 6.18. The number of aliphatic carboxylic acids is 1.